The van der Waals surface area contributed by atoms with E-state index in [1.807, 2.05) is 13.8 Å². The van der Waals surface area contributed by atoms with E-state index in [-0.39, 0.29) is 17.4 Å². The number of carbonyl (C=O) groups excluding carboxylic acids is 1. The minimum atomic E-state index is -2.93. The molecule has 5 nitrogen and oxygen atoms in total. The van der Waals surface area contributed by atoms with Crippen LogP contribution in [0.3, 0.4) is 0 Å². The van der Waals surface area contributed by atoms with Crippen molar-refractivity contribution in [2.75, 3.05) is 5.32 Å². The van der Waals surface area contributed by atoms with Gasteiger partial charge in [-0.25, -0.2) is 4.68 Å². The van der Waals surface area contributed by atoms with Crippen LogP contribution in [0.15, 0.2) is 36.5 Å². The number of halogens is 2. The highest BCUT2D eigenvalue weighted by molar-refractivity contribution is 6.04. The average Bonchev–Trinajstić information content (AvgIpc) is 2.94. The van der Waals surface area contributed by atoms with Crippen LogP contribution in [0.4, 0.5) is 14.6 Å². The second-order valence-corrected chi connectivity index (χ2v) is 4.78. The molecule has 0 saturated carbocycles. The fourth-order valence-corrected chi connectivity index (χ4v) is 1.94. The molecule has 0 saturated heterocycles. The van der Waals surface area contributed by atoms with Gasteiger partial charge in [-0.05, 0) is 31.5 Å². The van der Waals surface area contributed by atoms with Gasteiger partial charge in [0.1, 0.15) is 11.6 Å². The van der Waals surface area contributed by atoms with E-state index in [4.69, 9.17) is 0 Å². The summed E-state index contributed by atoms with van der Waals surface area (Å²) in [4.78, 5) is 12.2. The number of ether oxygens (including phenoxy) is 1. The number of hydrogen-bond acceptors (Lipinski definition) is 3. The molecular weight excluding hydrogens is 292 g/mol. The molecule has 22 heavy (non-hydrogen) atoms. The Morgan fingerprint density at radius 3 is 2.86 bits per heavy atom. The summed E-state index contributed by atoms with van der Waals surface area (Å²) in [6.07, 6.45) is 2.46. The highest BCUT2D eigenvalue weighted by Crippen LogP contribution is 2.19. The lowest BCUT2D eigenvalue weighted by Crippen LogP contribution is -2.17. The van der Waals surface area contributed by atoms with Crippen LogP contribution in [0.1, 0.15) is 36.7 Å². The molecule has 0 bridgehead atoms. The Morgan fingerprint density at radius 2 is 2.18 bits per heavy atom. The van der Waals surface area contributed by atoms with Gasteiger partial charge in [0.25, 0.3) is 5.91 Å². The SMILES string of the molecule is CCC(C)n1nccc1NC(=O)c1cccc(OC(F)F)c1. The lowest BCUT2D eigenvalue weighted by atomic mass is 10.2. The van der Waals surface area contributed by atoms with Gasteiger partial charge in [-0.3, -0.25) is 4.79 Å². The second kappa shape index (κ2) is 7.02. The Balaban J connectivity index is 2.14. The topological polar surface area (TPSA) is 56.2 Å². The highest BCUT2D eigenvalue weighted by Gasteiger charge is 2.13. The van der Waals surface area contributed by atoms with Gasteiger partial charge in [-0.15, -0.1) is 0 Å². The van der Waals surface area contributed by atoms with E-state index in [2.05, 4.69) is 15.2 Å². The Morgan fingerprint density at radius 1 is 1.41 bits per heavy atom. The summed E-state index contributed by atoms with van der Waals surface area (Å²) in [7, 11) is 0. The van der Waals surface area contributed by atoms with E-state index in [1.54, 1.807) is 16.9 Å². The number of rotatable bonds is 6. The summed E-state index contributed by atoms with van der Waals surface area (Å²) >= 11 is 0. The first-order valence-electron chi connectivity index (χ1n) is 6.91. The molecule has 0 radical (unpaired) electrons. The van der Waals surface area contributed by atoms with Gasteiger partial charge in [-0.2, -0.15) is 13.9 Å². The number of aromatic nitrogens is 2. The summed E-state index contributed by atoms with van der Waals surface area (Å²) in [5.74, 6) is 0.0855. The van der Waals surface area contributed by atoms with E-state index in [1.165, 1.54) is 24.3 Å². The zero-order valence-corrected chi connectivity index (χ0v) is 12.3. The molecule has 0 aliphatic carbocycles. The Hall–Kier alpha value is -2.44. The van der Waals surface area contributed by atoms with E-state index in [0.29, 0.717) is 5.82 Å². The van der Waals surface area contributed by atoms with Gasteiger partial charge < -0.3 is 10.1 Å². The predicted octanol–water partition coefficient (Wildman–Crippen LogP) is 3.71. The highest BCUT2D eigenvalue weighted by atomic mass is 19.3. The number of amides is 1. The van der Waals surface area contributed by atoms with Gasteiger partial charge in [0.05, 0.1) is 12.2 Å². The first-order valence-corrected chi connectivity index (χ1v) is 6.91. The summed E-state index contributed by atoms with van der Waals surface area (Å²) in [5, 5.41) is 6.89. The van der Waals surface area contributed by atoms with Crippen LogP contribution >= 0.6 is 0 Å². The maximum absolute atomic E-state index is 12.2. The first-order chi connectivity index (χ1) is 10.5. The van der Waals surface area contributed by atoms with Crippen LogP contribution in [0.25, 0.3) is 0 Å². The number of hydrogen-bond donors (Lipinski definition) is 1. The number of anilines is 1. The molecule has 0 fully saturated rings. The van der Waals surface area contributed by atoms with Crippen LogP contribution in [0.5, 0.6) is 5.75 Å². The number of nitrogens with one attached hydrogen (secondary N) is 1. The van der Waals surface area contributed by atoms with Crippen molar-refractivity contribution in [3.8, 4) is 5.75 Å². The Kier molecular flexibility index (Phi) is 5.08. The second-order valence-electron chi connectivity index (χ2n) is 4.78. The molecule has 1 N–H and O–H groups in total. The van der Waals surface area contributed by atoms with Gasteiger partial charge in [-0.1, -0.05) is 13.0 Å². The summed E-state index contributed by atoms with van der Waals surface area (Å²) in [6.45, 7) is 1.08. The molecule has 0 aliphatic heterocycles. The van der Waals surface area contributed by atoms with Crippen molar-refractivity contribution in [3.63, 3.8) is 0 Å². The summed E-state index contributed by atoms with van der Waals surface area (Å²) in [5.41, 5.74) is 0.232. The van der Waals surface area contributed by atoms with Crippen LogP contribution < -0.4 is 10.1 Å². The van der Waals surface area contributed by atoms with Crippen LogP contribution in [-0.4, -0.2) is 22.3 Å². The van der Waals surface area contributed by atoms with E-state index < -0.39 is 12.5 Å². The van der Waals surface area contributed by atoms with Gasteiger partial charge in [0.2, 0.25) is 0 Å². The molecule has 1 aromatic heterocycles. The van der Waals surface area contributed by atoms with Gasteiger partial charge in [0.15, 0.2) is 0 Å². The van der Waals surface area contributed by atoms with Crippen LogP contribution in [-0.2, 0) is 0 Å². The maximum Gasteiger partial charge on any atom is 0.387 e. The molecule has 1 amide bonds. The molecule has 1 atom stereocenters. The van der Waals surface area contributed by atoms with Crippen molar-refractivity contribution in [2.45, 2.75) is 32.9 Å². The monoisotopic (exact) mass is 309 g/mol. The minimum Gasteiger partial charge on any atom is -0.435 e. The summed E-state index contributed by atoms with van der Waals surface area (Å²) < 4.78 is 30.4. The number of carbonyl (C=O) groups is 1. The molecule has 0 aliphatic rings. The molecule has 1 aromatic carbocycles. The van der Waals surface area contributed by atoms with Crippen LogP contribution in [0, 0.1) is 0 Å². The average molecular weight is 309 g/mol. The van der Waals surface area contributed by atoms with Crippen LogP contribution in [0.2, 0.25) is 0 Å². The number of benzene rings is 1. The molecule has 7 heteroatoms. The van der Waals surface area contributed by atoms with Crippen molar-refractivity contribution >= 4 is 11.7 Å². The predicted molar refractivity (Wildman–Crippen MR) is 78.3 cm³/mol. The third kappa shape index (κ3) is 3.81. The van der Waals surface area contributed by atoms with Gasteiger partial charge in [0, 0.05) is 11.6 Å². The largest absolute Gasteiger partial charge is 0.435 e. The lowest BCUT2D eigenvalue weighted by Gasteiger charge is -2.14. The fourth-order valence-electron chi connectivity index (χ4n) is 1.94. The molecule has 2 aromatic rings. The molecule has 118 valence electrons. The number of alkyl halides is 2. The van der Waals surface area contributed by atoms with E-state index in [9.17, 15) is 13.6 Å². The lowest BCUT2D eigenvalue weighted by molar-refractivity contribution is -0.0498. The zero-order valence-electron chi connectivity index (χ0n) is 12.3. The third-order valence-electron chi connectivity index (χ3n) is 3.24. The zero-order chi connectivity index (χ0) is 16.1. The summed E-state index contributed by atoms with van der Waals surface area (Å²) in [6, 6.07) is 7.47. The number of nitrogens with zero attached hydrogens (tertiary/aromatic N) is 2. The molecular formula is C15H17F2N3O2. The van der Waals surface area contributed by atoms with E-state index >= 15 is 0 Å². The Labute approximate surface area is 126 Å². The van der Waals surface area contributed by atoms with Crippen molar-refractivity contribution in [3.05, 3.63) is 42.1 Å². The molecule has 2 rings (SSSR count). The fraction of sp³-hybridized carbons (Fsp3) is 0.333. The Bertz CT molecular complexity index is 643. The maximum atomic E-state index is 12.2. The molecule has 1 heterocycles. The quantitative estimate of drug-likeness (QED) is 0.885. The van der Waals surface area contributed by atoms with Crippen molar-refractivity contribution in [1.29, 1.82) is 0 Å². The molecule has 0 spiro atoms. The smallest absolute Gasteiger partial charge is 0.387 e. The molecule has 1 unspecified atom stereocenters. The van der Waals surface area contributed by atoms with E-state index in [0.717, 1.165) is 6.42 Å². The third-order valence-corrected chi connectivity index (χ3v) is 3.24. The standard InChI is InChI=1S/C15H17F2N3O2/c1-3-10(2)20-13(7-8-18-20)19-14(21)11-5-4-6-12(9-11)22-15(16)17/h4-10,15H,3H2,1-2H3,(H,19,21). The van der Waals surface area contributed by atoms with Crippen molar-refractivity contribution < 1.29 is 18.3 Å². The minimum absolute atomic E-state index is 0.0573. The van der Waals surface area contributed by atoms with Crippen molar-refractivity contribution in [2.24, 2.45) is 0 Å². The van der Waals surface area contributed by atoms with Crippen molar-refractivity contribution in [1.82, 2.24) is 9.78 Å². The first kappa shape index (κ1) is 15.9. The normalized spacial score (nSPS) is 12.2. The van der Waals surface area contributed by atoms with Gasteiger partial charge >= 0.3 is 6.61 Å².